The molecule has 2 aliphatic carbocycles. The van der Waals surface area contributed by atoms with Gasteiger partial charge in [-0.1, -0.05) is 6.92 Å². The molecule has 3 nitrogen and oxygen atoms in total. The number of carbonyl (C=O) groups excluding carboxylic acids is 1. The molecular formula is C10H14O3. The second-order valence-electron chi connectivity index (χ2n) is 4.70. The van der Waals surface area contributed by atoms with E-state index in [9.17, 15) is 14.7 Å². The van der Waals surface area contributed by atoms with Crippen molar-refractivity contribution < 1.29 is 14.7 Å². The molecule has 2 saturated carbocycles. The molecule has 0 amide bonds. The molecule has 3 heteroatoms. The highest BCUT2D eigenvalue weighted by Crippen LogP contribution is 2.63. The Kier molecular flexibility index (Phi) is 1.44. The van der Waals surface area contributed by atoms with Crippen LogP contribution in [0.2, 0.25) is 0 Å². The van der Waals surface area contributed by atoms with Gasteiger partial charge in [0.25, 0.3) is 0 Å². The van der Waals surface area contributed by atoms with Crippen molar-refractivity contribution in [3.8, 4) is 0 Å². The van der Waals surface area contributed by atoms with Crippen LogP contribution in [0.5, 0.6) is 0 Å². The fourth-order valence-electron chi connectivity index (χ4n) is 3.06. The van der Waals surface area contributed by atoms with E-state index in [2.05, 4.69) is 0 Å². The molecule has 0 aromatic carbocycles. The second-order valence-corrected chi connectivity index (χ2v) is 4.70. The number of ketones is 1. The molecule has 0 unspecified atom stereocenters. The minimum absolute atomic E-state index is 0.0718. The standard InChI is InChI=1S/C10H14O3/c1-9-4-3-6(5-7(9)11)10(9,2)8(12)13/h6H,3-5H2,1-2H3,(H,12,13)/t6-,9+,10+/m0/s1. The fourth-order valence-corrected chi connectivity index (χ4v) is 3.06. The van der Waals surface area contributed by atoms with Gasteiger partial charge in [0.2, 0.25) is 0 Å². The monoisotopic (exact) mass is 182 g/mol. The van der Waals surface area contributed by atoms with Crippen molar-refractivity contribution >= 4 is 11.8 Å². The fraction of sp³-hybridized carbons (Fsp3) is 0.800. The van der Waals surface area contributed by atoms with Crippen molar-refractivity contribution in [2.45, 2.75) is 33.1 Å². The molecule has 2 bridgehead atoms. The Labute approximate surface area is 77.1 Å². The van der Waals surface area contributed by atoms with E-state index in [1.807, 2.05) is 6.92 Å². The van der Waals surface area contributed by atoms with Gasteiger partial charge in [0, 0.05) is 11.8 Å². The molecule has 13 heavy (non-hydrogen) atoms. The number of Topliss-reactive ketones (excluding diaryl/α,β-unsaturated/α-hetero) is 1. The van der Waals surface area contributed by atoms with Crippen LogP contribution in [-0.2, 0) is 9.59 Å². The van der Waals surface area contributed by atoms with Gasteiger partial charge in [-0.15, -0.1) is 0 Å². The third kappa shape index (κ3) is 0.713. The zero-order valence-electron chi connectivity index (χ0n) is 7.96. The number of hydrogen-bond acceptors (Lipinski definition) is 2. The molecule has 0 saturated heterocycles. The van der Waals surface area contributed by atoms with Gasteiger partial charge in [-0.05, 0) is 25.7 Å². The highest BCUT2D eigenvalue weighted by molar-refractivity contribution is 5.96. The summed E-state index contributed by atoms with van der Waals surface area (Å²) in [6.07, 6.45) is 2.11. The van der Waals surface area contributed by atoms with E-state index in [-0.39, 0.29) is 11.7 Å². The average molecular weight is 182 g/mol. The van der Waals surface area contributed by atoms with Crippen LogP contribution < -0.4 is 0 Å². The minimum atomic E-state index is -0.802. The summed E-state index contributed by atoms with van der Waals surface area (Å²) in [4.78, 5) is 22.8. The Morgan fingerprint density at radius 3 is 2.38 bits per heavy atom. The zero-order valence-corrected chi connectivity index (χ0v) is 7.96. The summed E-state index contributed by atoms with van der Waals surface area (Å²) in [6.45, 7) is 3.55. The van der Waals surface area contributed by atoms with Crippen molar-refractivity contribution in [3.63, 3.8) is 0 Å². The van der Waals surface area contributed by atoms with E-state index in [1.165, 1.54) is 0 Å². The number of carboxylic acid groups (broad SMARTS) is 1. The Hall–Kier alpha value is -0.860. The Balaban J connectivity index is 2.53. The summed E-state index contributed by atoms with van der Waals surface area (Å²) in [5.74, 6) is -0.584. The smallest absolute Gasteiger partial charge is 0.310 e. The number of rotatable bonds is 1. The molecule has 0 heterocycles. The molecule has 2 rings (SSSR count). The SMILES string of the molecule is C[C@]1(C(=O)O)[C@H]2CC[C@]1(C)C(=O)C2. The lowest BCUT2D eigenvalue weighted by Gasteiger charge is -2.31. The molecule has 72 valence electrons. The van der Waals surface area contributed by atoms with Gasteiger partial charge in [0.15, 0.2) is 0 Å². The topological polar surface area (TPSA) is 54.4 Å². The van der Waals surface area contributed by atoms with Crippen LogP contribution in [0.3, 0.4) is 0 Å². The lowest BCUT2D eigenvalue weighted by molar-refractivity contribution is -0.156. The van der Waals surface area contributed by atoms with Crippen molar-refractivity contribution in [1.82, 2.24) is 0 Å². The summed E-state index contributed by atoms with van der Waals surface area (Å²) in [7, 11) is 0. The molecular weight excluding hydrogens is 168 g/mol. The van der Waals surface area contributed by atoms with E-state index < -0.39 is 16.8 Å². The molecule has 0 radical (unpaired) electrons. The van der Waals surface area contributed by atoms with Crippen LogP contribution in [0.4, 0.5) is 0 Å². The van der Waals surface area contributed by atoms with Gasteiger partial charge < -0.3 is 5.11 Å². The summed E-state index contributed by atoms with van der Waals surface area (Å²) < 4.78 is 0. The van der Waals surface area contributed by atoms with Gasteiger partial charge in [-0.3, -0.25) is 9.59 Å². The minimum Gasteiger partial charge on any atom is -0.481 e. The Bertz CT molecular complexity index is 297. The van der Waals surface area contributed by atoms with E-state index >= 15 is 0 Å². The maximum atomic E-state index is 11.6. The molecule has 0 aromatic heterocycles. The number of carboxylic acids is 1. The largest absolute Gasteiger partial charge is 0.481 e. The predicted molar refractivity (Wildman–Crippen MR) is 46.2 cm³/mol. The summed E-state index contributed by atoms with van der Waals surface area (Å²) in [5.41, 5.74) is -1.40. The van der Waals surface area contributed by atoms with Gasteiger partial charge in [0.1, 0.15) is 5.78 Å². The summed E-state index contributed by atoms with van der Waals surface area (Å²) >= 11 is 0. The van der Waals surface area contributed by atoms with E-state index in [1.54, 1.807) is 6.92 Å². The van der Waals surface area contributed by atoms with E-state index in [0.29, 0.717) is 6.42 Å². The molecule has 2 aliphatic rings. The van der Waals surface area contributed by atoms with Crippen LogP contribution in [-0.4, -0.2) is 16.9 Å². The van der Waals surface area contributed by atoms with E-state index in [0.717, 1.165) is 12.8 Å². The molecule has 3 atom stereocenters. The third-order valence-electron chi connectivity index (χ3n) is 4.45. The van der Waals surface area contributed by atoms with Crippen LogP contribution in [0, 0.1) is 16.7 Å². The second kappa shape index (κ2) is 2.14. The van der Waals surface area contributed by atoms with Gasteiger partial charge >= 0.3 is 5.97 Å². The third-order valence-corrected chi connectivity index (χ3v) is 4.45. The van der Waals surface area contributed by atoms with Crippen molar-refractivity contribution in [2.75, 3.05) is 0 Å². The van der Waals surface area contributed by atoms with Crippen molar-refractivity contribution in [2.24, 2.45) is 16.7 Å². The van der Waals surface area contributed by atoms with Crippen molar-refractivity contribution in [3.05, 3.63) is 0 Å². The van der Waals surface area contributed by atoms with Crippen LogP contribution in [0.15, 0.2) is 0 Å². The zero-order chi connectivity index (χ0) is 9.85. The predicted octanol–water partition coefficient (Wildman–Crippen LogP) is 1.47. The normalized spacial score (nSPS) is 48.5. The van der Waals surface area contributed by atoms with Crippen LogP contribution >= 0.6 is 0 Å². The number of hydrogen-bond donors (Lipinski definition) is 1. The lowest BCUT2D eigenvalue weighted by atomic mass is 9.69. The number of carbonyl (C=O) groups is 2. The molecule has 0 aliphatic heterocycles. The van der Waals surface area contributed by atoms with E-state index in [4.69, 9.17) is 0 Å². The van der Waals surface area contributed by atoms with Crippen molar-refractivity contribution in [1.29, 1.82) is 0 Å². The maximum absolute atomic E-state index is 11.6. The summed E-state index contributed by atoms with van der Waals surface area (Å²) in [6, 6.07) is 0. The molecule has 2 fully saturated rings. The molecule has 0 aromatic rings. The van der Waals surface area contributed by atoms with Crippen LogP contribution in [0.1, 0.15) is 33.1 Å². The number of fused-ring (bicyclic) bond motifs is 2. The van der Waals surface area contributed by atoms with Gasteiger partial charge in [-0.2, -0.15) is 0 Å². The average Bonchev–Trinajstić information content (AvgIpc) is 2.40. The lowest BCUT2D eigenvalue weighted by Crippen LogP contribution is -2.41. The van der Waals surface area contributed by atoms with Gasteiger partial charge in [0.05, 0.1) is 5.41 Å². The Morgan fingerprint density at radius 2 is 2.15 bits per heavy atom. The first-order chi connectivity index (χ1) is 5.93. The highest BCUT2D eigenvalue weighted by Gasteiger charge is 2.67. The first kappa shape index (κ1) is 8.73. The molecule has 1 N–H and O–H groups in total. The number of aliphatic carboxylic acids is 1. The highest BCUT2D eigenvalue weighted by atomic mass is 16.4. The maximum Gasteiger partial charge on any atom is 0.310 e. The van der Waals surface area contributed by atoms with Crippen LogP contribution in [0.25, 0.3) is 0 Å². The first-order valence-electron chi connectivity index (χ1n) is 4.69. The first-order valence-corrected chi connectivity index (χ1v) is 4.69. The summed E-state index contributed by atoms with van der Waals surface area (Å²) in [5, 5.41) is 9.18. The quantitative estimate of drug-likeness (QED) is 0.668. The van der Waals surface area contributed by atoms with Gasteiger partial charge in [-0.25, -0.2) is 0 Å². The molecule has 0 spiro atoms. The Morgan fingerprint density at radius 1 is 1.54 bits per heavy atom.